The number of para-hydroxylation sites is 1. The molecule has 0 spiro atoms. The highest BCUT2D eigenvalue weighted by atomic mass is 19.1. The van der Waals surface area contributed by atoms with Crippen LogP contribution in [0.5, 0.6) is 0 Å². The highest BCUT2D eigenvalue weighted by molar-refractivity contribution is 5.98. The van der Waals surface area contributed by atoms with E-state index in [1.165, 1.54) is 6.07 Å². The molecule has 89 heavy (non-hydrogen) atoms. The van der Waals surface area contributed by atoms with Crippen LogP contribution in [0.25, 0.3) is 22.3 Å². The summed E-state index contributed by atoms with van der Waals surface area (Å²) >= 11 is 0. The Bertz CT molecular complexity index is 3820. The Morgan fingerprint density at radius 1 is 0.831 bits per heavy atom. The van der Waals surface area contributed by atoms with Crippen LogP contribution in [-0.4, -0.2) is 103 Å². The molecule has 0 saturated carbocycles. The number of alkyl carbamates (subject to hydrolysis) is 1. The maximum Gasteiger partial charge on any atom is 0.407 e. The summed E-state index contributed by atoms with van der Waals surface area (Å²) in [5.74, 6) is 3.82. The summed E-state index contributed by atoms with van der Waals surface area (Å²) in [6.07, 6.45) is 1.30. The molecule has 466 valence electrons. The third-order valence-corrected chi connectivity index (χ3v) is 15.7. The van der Waals surface area contributed by atoms with Gasteiger partial charge in [0, 0.05) is 59.6 Å². The van der Waals surface area contributed by atoms with E-state index in [-0.39, 0.29) is 92.7 Å². The topological polar surface area (TPSA) is 278 Å². The summed E-state index contributed by atoms with van der Waals surface area (Å²) in [4.78, 5) is 107. The van der Waals surface area contributed by atoms with Gasteiger partial charge in [-0.3, -0.25) is 33.6 Å². The summed E-state index contributed by atoms with van der Waals surface area (Å²) < 4.78 is 43.5. The molecular formula is C67H73FN8O13. The lowest BCUT2D eigenvalue weighted by Gasteiger charge is -2.29. The number of aryl methyl sites for hydroxylation is 1. The molecule has 22 heteroatoms. The molecule has 10 rings (SSSR count). The number of benzene rings is 4. The fourth-order valence-corrected chi connectivity index (χ4v) is 11.3. The number of fused-ring (bicyclic) bond motifs is 7. The summed E-state index contributed by atoms with van der Waals surface area (Å²) in [5, 5.41) is 12.0. The van der Waals surface area contributed by atoms with Gasteiger partial charge in [-0.15, -0.1) is 0 Å². The van der Waals surface area contributed by atoms with E-state index in [2.05, 4.69) is 33.1 Å². The second kappa shape index (κ2) is 29.6. The quantitative estimate of drug-likeness (QED) is 0.0241. The van der Waals surface area contributed by atoms with E-state index in [1.807, 2.05) is 75.4 Å². The number of carbonyl (C=O) groups excluding carboxylic acids is 7. The molecule has 6 N–H and O–H groups in total. The third kappa shape index (κ3) is 15.7. The minimum Gasteiger partial charge on any atom is -0.460 e. The van der Waals surface area contributed by atoms with E-state index in [0.717, 1.165) is 44.5 Å². The van der Waals surface area contributed by atoms with Crippen molar-refractivity contribution < 1.29 is 61.6 Å². The van der Waals surface area contributed by atoms with E-state index in [0.29, 0.717) is 110 Å². The second-order valence-corrected chi connectivity index (χ2v) is 22.5. The maximum atomic E-state index is 15.2. The Morgan fingerprint density at radius 3 is 2.28 bits per heavy atom. The first-order valence-corrected chi connectivity index (χ1v) is 29.9. The zero-order chi connectivity index (χ0) is 63.3. The van der Waals surface area contributed by atoms with Crippen LogP contribution in [0.2, 0.25) is 0 Å². The Morgan fingerprint density at radius 2 is 1.54 bits per heavy atom. The highest BCUT2D eigenvalue weighted by Crippen LogP contribution is 2.46. The molecule has 6 amide bonds. The normalized spacial score (nSPS) is 15.1. The van der Waals surface area contributed by atoms with E-state index in [1.54, 1.807) is 47.6 Å². The van der Waals surface area contributed by atoms with Crippen molar-refractivity contribution in [3.63, 3.8) is 0 Å². The van der Waals surface area contributed by atoms with Crippen LogP contribution in [0.3, 0.4) is 0 Å². The molecule has 6 aromatic rings. The summed E-state index contributed by atoms with van der Waals surface area (Å²) in [6, 6.07) is 24.2. The standard InChI is InChI=1S/C40H42FN5O7.C27H31N3O6/c1-6-24-26-14-32-36-27(16-46(32)38(49)28(26)18-52-39(24)50)35-30(12-11-25-20(4)29(41)15-31(44-36)34(25)35)45-40(51)53-17-22-7-9-23(10-8-22)43-37(48)21(5)42-33(47)13-19(2)3;28-25(31)20-36-18-17-35-16-15-34-14-13-29-26(32)11-12-27(33)30-19-23-7-2-1-5-21(23)9-10-22-6-3-4-8-24(22)30/h7-10,14-15,19,21,24,30H,6,11-13,16-18H2,1-5H3,(H,42,47)(H,43,48)(H,45,51);1-8H,11-20H2,(H2,28,31)(H,29,32)/t21?,24-,30?;/m1./s1. The lowest BCUT2D eigenvalue weighted by Crippen LogP contribution is -2.41. The van der Waals surface area contributed by atoms with Gasteiger partial charge in [-0.2, -0.15) is 0 Å². The minimum absolute atomic E-state index is 0.0367. The molecule has 4 aromatic carbocycles. The second-order valence-electron chi connectivity index (χ2n) is 22.5. The number of nitrogens with one attached hydrogen (secondary N) is 4. The molecule has 0 fully saturated rings. The van der Waals surface area contributed by atoms with Gasteiger partial charge < -0.3 is 60.2 Å². The highest BCUT2D eigenvalue weighted by Gasteiger charge is 2.38. The number of rotatable bonds is 23. The van der Waals surface area contributed by atoms with E-state index in [9.17, 15) is 38.4 Å². The fourth-order valence-electron chi connectivity index (χ4n) is 11.3. The molecule has 4 aliphatic rings. The Balaban J connectivity index is 0.000000229. The van der Waals surface area contributed by atoms with Crippen LogP contribution >= 0.6 is 0 Å². The maximum absolute atomic E-state index is 15.2. The van der Waals surface area contributed by atoms with Crippen LogP contribution in [0, 0.1) is 30.5 Å². The molecule has 3 atom stereocenters. The average molecular weight is 1220 g/mol. The van der Waals surface area contributed by atoms with Crippen molar-refractivity contribution >= 4 is 63.9 Å². The van der Waals surface area contributed by atoms with E-state index >= 15 is 4.39 Å². The van der Waals surface area contributed by atoms with Gasteiger partial charge in [0.05, 0.1) is 86.2 Å². The molecule has 0 bridgehead atoms. The number of primary amides is 1. The van der Waals surface area contributed by atoms with Crippen molar-refractivity contribution in [2.45, 2.75) is 117 Å². The van der Waals surface area contributed by atoms with Crippen molar-refractivity contribution in [1.29, 1.82) is 0 Å². The first-order chi connectivity index (χ1) is 42.9. The first-order valence-electron chi connectivity index (χ1n) is 29.9. The van der Waals surface area contributed by atoms with Crippen molar-refractivity contribution in [2.24, 2.45) is 11.7 Å². The number of nitrogens with two attached hydrogens (primary N) is 1. The predicted molar refractivity (Wildman–Crippen MR) is 329 cm³/mol. The molecule has 21 nitrogen and oxygen atoms in total. The molecule has 2 unspecified atom stereocenters. The van der Waals surface area contributed by atoms with Crippen LogP contribution in [-0.2, 0) is 85.2 Å². The zero-order valence-corrected chi connectivity index (χ0v) is 50.5. The van der Waals surface area contributed by atoms with Crippen molar-refractivity contribution in [1.82, 2.24) is 25.5 Å². The summed E-state index contributed by atoms with van der Waals surface area (Å²) in [7, 11) is 0. The predicted octanol–water partition coefficient (Wildman–Crippen LogP) is 7.19. The Kier molecular flexibility index (Phi) is 21.3. The number of halogens is 1. The molecule has 0 saturated heterocycles. The molecule has 2 aromatic heterocycles. The summed E-state index contributed by atoms with van der Waals surface area (Å²) in [5.41, 5.74) is 14.8. The van der Waals surface area contributed by atoms with Gasteiger partial charge in [0.25, 0.3) is 5.56 Å². The van der Waals surface area contributed by atoms with Crippen LogP contribution in [0.15, 0.2) is 89.7 Å². The van der Waals surface area contributed by atoms with Gasteiger partial charge in [-0.05, 0) is 109 Å². The first kappa shape index (κ1) is 64.2. The van der Waals surface area contributed by atoms with Crippen molar-refractivity contribution in [3.05, 3.63) is 157 Å². The van der Waals surface area contributed by atoms with Crippen LogP contribution < -0.4 is 37.5 Å². The Hall–Kier alpha value is -9.30. The number of aromatic nitrogens is 2. The summed E-state index contributed by atoms with van der Waals surface area (Å²) in [6.45, 7) is 11.4. The minimum atomic E-state index is -0.709. The number of esters is 1. The van der Waals surface area contributed by atoms with Crippen LogP contribution in [0.4, 0.5) is 20.6 Å². The number of nitrogens with zero attached hydrogens (tertiary/aromatic N) is 3. The van der Waals surface area contributed by atoms with E-state index in [4.69, 9.17) is 34.4 Å². The van der Waals surface area contributed by atoms with E-state index < -0.39 is 30.0 Å². The molecule has 5 heterocycles. The SMILES string of the molecule is CC[C@H]1C(=O)OCc2c1cc1n(c2=O)Cc2c-1nc1cc(F)c(C)c3c1c2C(NC(=O)OCc1ccc(NC(=O)C(C)NC(=O)CC(C)C)cc1)CC3.NC(=O)COCCOCCOCCNC(=O)CCC(=O)N1Cc2ccccc2C#Cc2ccccc21. The van der Waals surface area contributed by atoms with Gasteiger partial charge in [-0.25, -0.2) is 14.2 Å². The van der Waals surface area contributed by atoms with Crippen molar-refractivity contribution in [3.8, 4) is 23.2 Å². The lowest BCUT2D eigenvalue weighted by molar-refractivity contribution is -0.148. The van der Waals surface area contributed by atoms with Gasteiger partial charge >= 0.3 is 12.1 Å². The van der Waals surface area contributed by atoms with Gasteiger partial charge in [0.2, 0.25) is 29.5 Å². The van der Waals surface area contributed by atoms with Gasteiger partial charge in [0.15, 0.2) is 0 Å². The zero-order valence-electron chi connectivity index (χ0n) is 50.5. The Labute approximate surface area is 514 Å². The molecular weight excluding hydrogens is 1140 g/mol. The van der Waals surface area contributed by atoms with Gasteiger partial charge in [-0.1, -0.05) is 75.1 Å². The molecule has 0 radical (unpaired) electrons. The number of carbonyl (C=O) groups is 7. The van der Waals surface area contributed by atoms with Gasteiger partial charge in [0.1, 0.15) is 31.7 Å². The number of hydrogen-bond acceptors (Lipinski definition) is 14. The number of hydrogen-bond donors (Lipinski definition) is 5. The fraction of sp³-hybridized carbons (Fsp3) is 0.388. The number of anilines is 2. The monoisotopic (exact) mass is 1220 g/mol. The molecule has 3 aliphatic heterocycles. The largest absolute Gasteiger partial charge is 0.460 e. The molecule has 1 aliphatic carbocycles. The lowest BCUT2D eigenvalue weighted by atomic mass is 9.81. The number of amides is 6. The van der Waals surface area contributed by atoms with Crippen LogP contribution in [0.1, 0.15) is 127 Å². The number of pyridine rings is 2. The number of cyclic esters (lactones) is 1. The van der Waals surface area contributed by atoms with Crippen molar-refractivity contribution in [2.75, 3.05) is 56.4 Å². The average Bonchev–Trinajstić information content (AvgIpc) is 1.64. The smallest absolute Gasteiger partial charge is 0.407 e. The number of ether oxygens (including phenoxy) is 5. The third-order valence-electron chi connectivity index (χ3n) is 15.7.